The molecule has 1 heterocycles. The maximum Gasteiger partial charge on any atom is 0.164 e. The number of nitrogens with one attached hydrogen (secondary N) is 1. The number of hydrogen-bond donors (Lipinski definition) is 3. The number of aliphatic hydroxyl groups is 1. The minimum absolute atomic E-state index is 0.167. The van der Waals surface area contributed by atoms with Crippen LogP contribution in [0.15, 0.2) is 39.3 Å². The van der Waals surface area contributed by atoms with Crippen molar-refractivity contribution in [1.82, 2.24) is 4.90 Å². The van der Waals surface area contributed by atoms with E-state index in [1.54, 1.807) is 13.2 Å². The first kappa shape index (κ1) is 20.0. The first-order chi connectivity index (χ1) is 13.5. The Morgan fingerprint density at radius 3 is 2.61 bits per heavy atom. The predicted octanol–water partition coefficient (Wildman–Crippen LogP) is 5.16. The average molecular weight is 512 g/mol. The number of phenolic OH excluding ortho intramolecular Hbond substituents is 1. The standard InChI is InChI=1S/C21H24Br2N2O3/c1-28-18-4-2-3-16(20(18)27)21-24-19-12(9-13(22)10-17(19)23)11-25(21)14-5-7-15(26)8-6-14/h2-4,9-10,14-15,21,24,26-27H,5-8,11H2,1H3/t14?,15?,21-/m0/s1. The topological polar surface area (TPSA) is 65.0 Å². The molecule has 1 fully saturated rings. The summed E-state index contributed by atoms with van der Waals surface area (Å²) in [7, 11) is 1.57. The highest BCUT2D eigenvalue weighted by atomic mass is 79.9. The van der Waals surface area contributed by atoms with Crippen LogP contribution < -0.4 is 10.1 Å². The van der Waals surface area contributed by atoms with E-state index in [0.717, 1.165) is 52.4 Å². The minimum Gasteiger partial charge on any atom is -0.504 e. The van der Waals surface area contributed by atoms with Gasteiger partial charge in [-0.2, -0.15) is 0 Å². The van der Waals surface area contributed by atoms with E-state index in [1.807, 2.05) is 18.2 Å². The van der Waals surface area contributed by atoms with Gasteiger partial charge in [-0.1, -0.05) is 28.1 Å². The molecule has 1 atom stereocenters. The Kier molecular flexibility index (Phi) is 5.88. The number of nitrogens with zero attached hydrogens (tertiary/aromatic N) is 1. The van der Waals surface area contributed by atoms with Crippen LogP contribution in [0.1, 0.15) is 43.0 Å². The highest BCUT2D eigenvalue weighted by Crippen LogP contribution is 2.45. The van der Waals surface area contributed by atoms with E-state index in [1.165, 1.54) is 5.56 Å². The number of anilines is 1. The second-order valence-electron chi connectivity index (χ2n) is 7.50. The van der Waals surface area contributed by atoms with Crippen LogP contribution in [-0.2, 0) is 6.54 Å². The van der Waals surface area contributed by atoms with Gasteiger partial charge < -0.3 is 20.3 Å². The molecule has 1 aliphatic carbocycles. The molecule has 4 rings (SSSR count). The van der Waals surface area contributed by atoms with Gasteiger partial charge in [0.2, 0.25) is 0 Å². The third-order valence-electron chi connectivity index (χ3n) is 5.78. The molecule has 28 heavy (non-hydrogen) atoms. The fourth-order valence-electron chi connectivity index (χ4n) is 4.33. The molecule has 2 aromatic rings. The van der Waals surface area contributed by atoms with Crippen LogP contribution in [0.2, 0.25) is 0 Å². The molecule has 1 saturated carbocycles. The lowest BCUT2D eigenvalue weighted by atomic mass is 9.89. The molecule has 5 nitrogen and oxygen atoms in total. The predicted molar refractivity (Wildman–Crippen MR) is 117 cm³/mol. The van der Waals surface area contributed by atoms with E-state index >= 15 is 0 Å². The van der Waals surface area contributed by atoms with E-state index in [0.29, 0.717) is 11.8 Å². The van der Waals surface area contributed by atoms with Crippen LogP contribution >= 0.6 is 31.9 Å². The number of benzene rings is 2. The largest absolute Gasteiger partial charge is 0.504 e. The molecular weight excluding hydrogens is 488 g/mol. The highest BCUT2D eigenvalue weighted by molar-refractivity contribution is 9.11. The van der Waals surface area contributed by atoms with Gasteiger partial charge in [0.05, 0.1) is 18.9 Å². The number of rotatable bonds is 3. The quantitative estimate of drug-likeness (QED) is 0.531. The van der Waals surface area contributed by atoms with Gasteiger partial charge in [-0.15, -0.1) is 0 Å². The number of hydrogen-bond acceptors (Lipinski definition) is 5. The van der Waals surface area contributed by atoms with Gasteiger partial charge in [0.1, 0.15) is 6.17 Å². The first-order valence-electron chi connectivity index (χ1n) is 9.52. The molecule has 0 saturated heterocycles. The van der Waals surface area contributed by atoms with Crippen LogP contribution in [0, 0.1) is 0 Å². The maximum atomic E-state index is 10.8. The van der Waals surface area contributed by atoms with Gasteiger partial charge in [0, 0.05) is 27.1 Å². The van der Waals surface area contributed by atoms with Crippen molar-refractivity contribution in [1.29, 1.82) is 0 Å². The molecule has 0 bridgehead atoms. The summed E-state index contributed by atoms with van der Waals surface area (Å²) in [6.07, 6.45) is 3.12. The Labute approximate surface area is 182 Å². The molecule has 0 aromatic heterocycles. The molecule has 7 heteroatoms. The minimum atomic E-state index is -0.201. The summed E-state index contributed by atoms with van der Waals surface area (Å²) in [5.74, 6) is 0.638. The first-order valence-corrected chi connectivity index (χ1v) is 11.1. The van der Waals surface area contributed by atoms with Gasteiger partial charge in [-0.25, -0.2) is 0 Å². The van der Waals surface area contributed by atoms with Gasteiger partial charge in [0.25, 0.3) is 0 Å². The summed E-state index contributed by atoms with van der Waals surface area (Å²) in [5, 5.41) is 24.4. The summed E-state index contributed by atoms with van der Waals surface area (Å²) < 4.78 is 7.35. The molecule has 3 N–H and O–H groups in total. The van der Waals surface area contributed by atoms with E-state index in [2.05, 4.69) is 48.1 Å². The lowest BCUT2D eigenvalue weighted by Gasteiger charge is -2.45. The van der Waals surface area contributed by atoms with Gasteiger partial charge in [-0.05, 0) is 65.4 Å². The van der Waals surface area contributed by atoms with Crippen molar-refractivity contribution in [3.8, 4) is 11.5 Å². The van der Waals surface area contributed by atoms with Crippen molar-refractivity contribution < 1.29 is 14.9 Å². The van der Waals surface area contributed by atoms with E-state index in [4.69, 9.17) is 4.74 Å². The zero-order valence-corrected chi connectivity index (χ0v) is 18.8. The van der Waals surface area contributed by atoms with Crippen molar-refractivity contribution in [3.05, 3.63) is 50.4 Å². The van der Waals surface area contributed by atoms with Gasteiger partial charge >= 0.3 is 0 Å². The van der Waals surface area contributed by atoms with Crippen molar-refractivity contribution in [2.24, 2.45) is 0 Å². The fraction of sp³-hybridized carbons (Fsp3) is 0.429. The molecule has 150 valence electrons. The molecule has 1 aliphatic heterocycles. The summed E-state index contributed by atoms with van der Waals surface area (Å²) in [6, 6.07) is 10.1. The number of aliphatic hydroxyl groups excluding tert-OH is 1. The molecule has 0 amide bonds. The van der Waals surface area contributed by atoms with Crippen molar-refractivity contribution in [3.63, 3.8) is 0 Å². The van der Waals surface area contributed by atoms with Crippen LogP contribution in [0.25, 0.3) is 0 Å². The average Bonchev–Trinajstić information content (AvgIpc) is 2.68. The van der Waals surface area contributed by atoms with Gasteiger partial charge in [-0.3, -0.25) is 4.90 Å². The Morgan fingerprint density at radius 2 is 1.89 bits per heavy atom. The van der Waals surface area contributed by atoms with Crippen LogP contribution in [0.3, 0.4) is 0 Å². The number of methoxy groups -OCH3 is 1. The third kappa shape index (κ3) is 3.77. The molecule has 0 spiro atoms. The highest BCUT2D eigenvalue weighted by Gasteiger charge is 2.36. The van der Waals surface area contributed by atoms with E-state index in [9.17, 15) is 10.2 Å². The van der Waals surface area contributed by atoms with Crippen LogP contribution in [-0.4, -0.2) is 34.4 Å². The fourth-order valence-corrected chi connectivity index (χ4v) is 5.76. The number of para-hydroxylation sites is 1. The smallest absolute Gasteiger partial charge is 0.164 e. The van der Waals surface area contributed by atoms with Crippen LogP contribution in [0.5, 0.6) is 11.5 Å². The zero-order chi connectivity index (χ0) is 19.8. The second kappa shape index (κ2) is 8.22. The third-order valence-corrected chi connectivity index (χ3v) is 6.87. The van der Waals surface area contributed by atoms with Crippen LogP contribution in [0.4, 0.5) is 5.69 Å². The number of ether oxygens (including phenoxy) is 1. The Morgan fingerprint density at radius 1 is 1.14 bits per heavy atom. The monoisotopic (exact) mass is 510 g/mol. The Bertz CT molecular complexity index is 869. The molecule has 0 unspecified atom stereocenters. The summed E-state index contributed by atoms with van der Waals surface area (Å²) in [4.78, 5) is 2.40. The lowest BCUT2D eigenvalue weighted by Crippen LogP contribution is -2.46. The number of aromatic hydroxyl groups is 1. The molecule has 0 radical (unpaired) electrons. The van der Waals surface area contributed by atoms with E-state index < -0.39 is 0 Å². The summed E-state index contributed by atoms with van der Waals surface area (Å²) in [5.41, 5.74) is 3.04. The van der Waals surface area contributed by atoms with E-state index in [-0.39, 0.29) is 18.0 Å². The Hall–Kier alpha value is -1.28. The number of fused-ring (bicyclic) bond motifs is 1. The maximum absolute atomic E-state index is 10.8. The molecular formula is C21H24Br2N2O3. The lowest BCUT2D eigenvalue weighted by molar-refractivity contribution is 0.0492. The Balaban J connectivity index is 1.76. The van der Waals surface area contributed by atoms with Crippen molar-refractivity contribution in [2.45, 2.75) is 50.5 Å². The molecule has 2 aromatic carbocycles. The summed E-state index contributed by atoms with van der Waals surface area (Å²) >= 11 is 7.26. The SMILES string of the molecule is COc1cccc([C@H]2Nc3c(Br)cc(Br)cc3CN2C2CCC(O)CC2)c1O. The summed E-state index contributed by atoms with van der Waals surface area (Å²) in [6.45, 7) is 0.766. The number of phenols is 1. The molecule has 2 aliphatic rings. The van der Waals surface area contributed by atoms with Gasteiger partial charge in [0.15, 0.2) is 11.5 Å². The normalized spacial score (nSPS) is 25.1. The zero-order valence-electron chi connectivity index (χ0n) is 15.7. The van der Waals surface area contributed by atoms with Crippen molar-refractivity contribution in [2.75, 3.05) is 12.4 Å². The number of halogens is 2. The van der Waals surface area contributed by atoms with Crippen molar-refractivity contribution >= 4 is 37.5 Å². The second-order valence-corrected chi connectivity index (χ2v) is 9.27.